The number of benzene rings is 3. The third-order valence-corrected chi connectivity index (χ3v) is 8.65. The van der Waals surface area contributed by atoms with Crippen molar-refractivity contribution in [2.75, 3.05) is 24.6 Å². The first-order chi connectivity index (χ1) is 20.3. The fourth-order valence-corrected chi connectivity index (χ4v) is 6.06. The molecule has 2 amide bonds. The van der Waals surface area contributed by atoms with Gasteiger partial charge in [0, 0.05) is 6.04 Å². The van der Waals surface area contributed by atoms with Crippen LogP contribution in [0.5, 0.6) is 11.5 Å². The van der Waals surface area contributed by atoms with Crippen LogP contribution in [0.25, 0.3) is 0 Å². The summed E-state index contributed by atoms with van der Waals surface area (Å²) in [4.78, 5) is 25.1. The first kappa shape index (κ1) is 30.6. The molecule has 11 heteroatoms. The van der Waals surface area contributed by atoms with Crippen LogP contribution in [0.4, 0.5) is 5.69 Å². The Bertz CT molecular complexity index is 1480. The maximum absolute atomic E-state index is 13.6. The molecule has 3 aromatic rings. The summed E-state index contributed by atoms with van der Waals surface area (Å²) < 4.78 is 39.1. The summed E-state index contributed by atoms with van der Waals surface area (Å²) >= 11 is 0. The molecule has 42 heavy (non-hydrogen) atoms. The second kappa shape index (κ2) is 14.5. The standard InChI is InChI=1S/C31H36N4O6S/c1-23-12-18-27(19-13-23)42(38,39)35(28-10-6-7-11-29(28)40-2)21-30(36)34-32-20-24-14-16-26(17-15-24)41-22-31(37)33-25-8-4-3-5-9-25/h6-7,10-20,25H,3-5,8-9,21-22H2,1-2H3,(H,33,37)(H,34,36)/b32-20-. The number of amides is 2. The Balaban J connectivity index is 1.36. The molecule has 4 rings (SSSR count). The highest BCUT2D eigenvalue weighted by Gasteiger charge is 2.29. The number of ether oxygens (including phenoxy) is 2. The number of anilines is 1. The molecule has 0 spiro atoms. The van der Waals surface area contributed by atoms with E-state index in [2.05, 4.69) is 15.8 Å². The largest absolute Gasteiger partial charge is 0.495 e. The lowest BCUT2D eigenvalue weighted by Crippen LogP contribution is -2.39. The molecule has 0 atom stereocenters. The van der Waals surface area contributed by atoms with Crippen molar-refractivity contribution in [1.29, 1.82) is 0 Å². The summed E-state index contributed by atoms with van der Waals surface area (Å²) in [5.74, 6) is 0.0561. The lowest BCUT2D eigenvalue weighted by Gasteiger charge is -2.25. The molecule has 0 heterocycles. The summed E-state index contributed by atoms with van der Waals surface area (Å²) in [6.45, 7) is 1.27. The molecule has 0 saturated heterocycles. The van der Waals surface area contributed by atoms with Crippen LogP contribution in [0.15, 0.2) is 82.8 Å². The second-order valence-corrected chi connectivity index (χ2v) is 11.9. The van der Waals surface area contributed by atoms with Crippen molar-refractivity contribution >= 4 is 33.7 Å². The predicted octanol–water partition coefficient (Wildman–Crippen LogP) is 4.18. The molecule has 0 bridgehead atoms. The van der Waals surface area contributed by atoms with E-state index in [9.17, 15) is 18.0 Å². The van der Waals surface area contributed by atoms with Gasteiger partial charge in [-0.1, -0.05) is 49.1 Å². The van der Waals surface area contributed by atoms with Crippen LogP contribution in [-0.4, -0.2) is 52.8 Å². The van der Waals surface area contributed by atoms with E-state index in [-0.39, 0.29) is 29.1 Å². The van der Waals surface area contributed by atoms with Crippen molar-refractivity contribution < 1.29 is 27.5 Å². The molecule has 1 fully saturated rings. The molecule has 10 nitrogen and oxygen atoms in total. The summed E-state index contributed by atoms with van der Waals surface area (Å²) in [7, 11) is -2.67. The molecule has 222 valence electrons. The number of hydrazone groups is 1. The van der Waals surface area contributed by atoms with E-state index in [1.54, 1.807) is 60.7 Å². The van der Waals surface area contributed by atoms with Crippen LogP contribution >= 0.6 is 0 Å². The third kappa shape index (κ3) is 8.32. The van der Waals surface area contributed by atoms with Gasteiger partial charge in [-0.2, -0.15) is 5.10 Å². The zero-order valence-electron chi connectivity index (χ0n) is 23.8. The quantitative estimate of drug-likeness (QED) is 0.240. The number of carbonyl (C=O) groups is 2. The normalized spacial score (nSPS) is 13.9. The highest BCUT2D eigenvalue weighted by atomic mass is 32.2. The van der Waals surface area contributed by atoms with E-state index in [4.69, 9.17) is 9.47 Å². The third-order valence-electron chi connectivity index (χ3n) is 6.87. The van der Waals surface area contributed by atoms with Crippen molar-refractivity contribution in [2.24, 2.45) is 5.10 Å². The van der Waals surface area contributed by atoms with Crippen LogP contribution in [0.2, 0.25) is 0 Å². The minimum atomic E-state index is -4.10. The summed E-state index contributed by atoms with van der Waals surface area (Å²) in [5.41, 5.74) is 4.20. The Hall–Kier alpha value is -4.38. The summed E-state index contributed by atoms with van der Waals surface area (Å²) in [6, 6.07) is 20.1. The van der Waals surface area contributed by atoms with Crippen LogP contribution < -0.4 is 24.5 Å². The number of carbonyl (C=O) groups excluding carboxylic acids is 2. The molecular weight excluding hydrogens is 556 g/mol. The van der Waals surface area contributed by atoms with Crippen molar-refractivity contribution in [2.45, 2.75) is 50.0 Å². The number of nitrogens with one attached hydrogen (secondary N) is 2. The number of methoxy groups -OCH3 is 1. The molecule has 2 N–H and O–H groups in total. The number of nitrogens with zero attached hydrogens (tertiary/aromatic N) is 2. The Morgan fingerprint density at radius 3 is 2.33 bits per heavy atom. The Morgan fingerprint density at radius 1 is 0.952 bits per heavy atom. The van der Waals surface area contributed by atoms with E-state index in [0.29, 0.717) is 17.1 Å². The molecule has 0 radical (unpaired) electrons. The minimum absolute atomic E-state index is 0.0454. The average molecular weight is 593 g/mol. The second-order valence-electron chi connectivity index (χ2n) is 10.0. The molecule has 1 aliphatic carbocycles. The van der Waals surface area contributed by atoms with Crippen LogP contribution in [0.3, 0.4) is 0 Å². The molecule has 0 unspecified atom stereocenters. The Morgan fingerprint density at radius 2 is 1.64 bits per heavy atom. The Kier molecular flexibility index (Phi) is 10.6. The van der Waals surface area contributed by atoms with Gasteiger partial charge in [-0.3, -0.25) is 13.9 Å². The number of hydrogen-bond acceptors (Lipinski definition) is 7. The number of para-hydroxylation sites is 2. The molecule has 1 aliphatic rings. The van der Waals surface area contributed by atoms with Crippen molar-refractivity contribution in [1.82, 2.24) is 10.7 Å². The number of aryl methyl sites for hydroxylation is 1. The van der Waals surface area contributed by atoms with E-state index >= 15 is 0 Å². The van der Waals surface area contributed by atoms with Gasteiger partial charge in [0.05, 0.1) is 23.9 Å². The fraction of sp³-hybridized carbons (Fsp3) is 0.323. The maximum Gasteiger partial charge on any atom is 0.264 e. The maximum atomic E-state index is 13.6. The number of sulfonamides is 1. The van der Waals surface area contributed by atoms with Gasteiger partial charge in [0.1, 0.15) is 18.0 Å². The van der Waals surface area contributed by atoms with Gasteiger partial charge in [0.2, 0.25) is 0 Å². The summed E-state index contributed by atoms with van der Waals surface area (Å²) in [6.07, 6.45) is 6.96. The van der Waals surface area contributed by atoms with E-state index in [0.717, 1.165) is 35.6 Å². The van der Waals surface area contributed by atoms with E-state index in [1.807, 2.05) is 6.92 Å². The van der Waals surface area contributed by atoms with Gasteiger partial charge in [-0.25, -0.2) is 13.8 Å². The zero-order valence-corrected chi connectivity index (χ0v) is 24.6. The first-order valence-corrected chi connectivity index (χ1v) is 15.3. The highest BCUT2D eigenvalue weighted by molar-refractivity contribution is 7.92. The highest BCUT2D eigenvalue weighted by Crippen LogP contribution is 2.32. The molecule has 1 saturated carbocycles. The van der Waals surface area contributed by atoms with Gasteiger partial charge in [-0.05, 0) is 73.9 Å². The molecular formula is C31H36N4O6S. The van der Waals surface area contributed by atoms with Gasteiger partial charge < -0.3 is 14.8 Å². The molecule has 0 aliphatic heterocycles. The lowest BCUT2D eigenvalue weighted by atomic mass is 9.95. The predicted molar refractivity (Wildman–Crippen MR) is 161 cm³/mol. The van der Waals surface area contributed by atoms with Gasteiger partial charge in [0.15, 0.2) is 6.61 Å². The van der Waals surface area contributed by atoms with Crippen LogP contribution in [0.1, 0.15) is 43.2 Å². The summed E-state index contributed by atoms with van der Waals surface area (Å²) in [5, 5.41) is 7.00. The topological polar surface area (TPSA) is 126 Å². The van der Waals surface area contributed by atoms with Gasteiger partial charge >= 0.3 is 0 Å². The van der Waals surface area contributed by atoms with Crippen molar-refractivity contribution in [3.05, 3.63) is 83.9 Å². The Labute approximate surface area is 246 Å². The fourth-order valence-electron chi connectivity index (χ4n) is 4.63. The molecule has 0 aromatic heterocycles. The smallest absolute Gasteiger partial charge is 0.264 e. The first-order valence-electron chi connectivity index (χ1n) is 13.8. The van der Waals surface area contributed by atoms with Crippen LogP contribution in [0, 0.1) is 6.92 Å². The monoisotopic (exact) mass is 592 g/mol. The SMILES string of the molecule is COc1ccccc1N(CC(=O)N/N=C\c1ccc(OCC(=O)NC2CCCCC2)cc1)S(=O)(=O)c1ccc(C)cc1. The minimum Gasteiger partial charge on any atom is -0.495 e. The van der Waals surface area contributed by atoms with Gasteiger partial charge in [0.25, 0.3) is 21.8 Å². The number of hydrogen-bond donors (Lipinski definition) is 2. The van der Waals surface area contributed by atoms with E-state index < -0.39 is 22.5 Å². The average Bonchev–Trinajstić information content (AvgIpc) is 3.00. The van der Waals surface area contributed by atoms with Crippen molar-refractivity contribution in [3.8, 4) is 11.5 Å². The zero-order chi connectivity index (χ0) is 30.0. The lowest BCUT2D eigenvalue weighted by molar-refractivity contribution is -0.124. The van der Waals surface area contributed by atoms with Crippen LogP contribution in [-0.2, 0) is 19.6 Å². The van der Waals surface area contributed by atoms with E-state index in [1.165, 1.54) is 31.9 Å². The number of rotatable bonds is 12. The van der Waals surface area contributed by atoms with Crippen molar-refractivity contribution in [3.63, 3.8) is 0 Å². The van der Waals surface area contributed by atoms with Gasteiger partial charge in [-0.15, -0.1) is 0 Å². The molecule has 3 aromatic carbocycles.